The maximum absolute atomic E-state index is 14.6. The molecule has 2 aromatic rings. The minimum atomic E-state index is -7.84. The second-order valence-electron chi connectivity index (χ2n) is 8.05. The number of benzene rings is 2. The van der Waals surface area contributed by atoms with Crippen LogP contribution in [0.2, 0.25) is 0 Å². The number of carbonyl (C=O) groups is 2. The van der Waals surface area contributed by atoms with Gasteiger partial charge in [0.2, 0.25) is 0 Å². The van der Waals surface area contributed by atoms with Crippen molar-refractivity contribution in [2.45, 2.75) is 49.4 Å². The van der Waals surface area contributed by atoms with E-state index in [2.05, 4.69) is 9.47 Å². The molecule has 0 spiro atoms. The Morgan fingerprint density at radius 1 is 0.550 bits per heavy atom. The van der Waals surface area contributed by atoms with Crippen LogP contribution >= 0.6 is 0 Å². The van der Waals surface area contributed by atoms with Crippen molar-refractivity contribution in [1.29, 1.82) is 0 Å². The van der Waals surface area contributed by atoms with Gasteiger partial charge in [0, 0.05) is 11.1 Å². The zero-order valence-electron chi connectivity index (χ0n) is 20.2. The monoisotopic (exact) mass is 598 g/mol. The first-order valence-corrected chi connectivity index (χ1v) is 11.0. The van der Waals surface area contributed by atoms with E-state index in [-0.39, 0.29) is 37.5 Å². The molecule has 2 aromatic carbocycles. The Kier molecular flexibility index (Phi) is 8.88. The van der Waals surface area contributed by atoms with Crippen LogP contribution in [0.1, 0.15) is 45.7 Å². The van der Waals surface area contributed by atoms with Crippen molar-refractivity contribution in [3.05, 3.63) is 70.8 Å². The Balaban J connectivity index is 2.61. The van der Waals surface area contributed by atoms with Gasteiger partial charge >= 0.3 is 47.5 Å². The van der Waals surface area contributed by atoms with Crippen LogP contribution < -0.4 is 0 Å². The van der Waals surface area contributed by atoms with Crippen LogP contribution in [0, 0.1) is 0 Å². The molecular formula is C24H18F12O4. The normalized spacial score (nSPS) is 13.7. The van der Waals surface area contributed by atoms with Gasteiger partial charge in [-0.05, 0) is 38.1 Å². The molecule has 0 fully saturated rings. The molecule has 0 aliphatic heterocycles. The molecule has 0 bridgehead atoms. The Morgan fingerprint density at radius 2 is 0.850 bits per heavy atom. The molecular weight excluding hydrogens is 580 g/mol. The van der Waals surface area contributed by atoms with Crippen molar-refractivity contribution >= 4 is 11.9 Å². The Morgan fingerprint density at radius 3 is 1.12 bits per heavy atom. The summed E-state index contributed by atoms with van der Waals surface area (Å²) in [5, 5.41) is 0. The van der Waals surface area contributed by atoms with E-state index in [1.807, 2.05) is 0 Å². The third kappa shape index (κ3) is 5.07. The smallest absolute Gasteiger partial charge is 0.385 e. The fourth-order valence-corrected chi connectivity index (χ4v) is 3.26. The molecule has 0 aliphatic rings. The third-order valence-electron chi connectivity index (χ3n) is 5.44. The number of esters is 2. The molecule has 40 heavy (non-hydrogen) atoms. The molecule has 0 unspecified atom stereocenters. The van der Waals surface area contributed by atoms with E-state index in [1.165, 1.54) is 13.8 Å². The maximum Gasteiger partial charge on any atom is 0.385 e. The summed E-state index contributed by atoms with van der Waals surface area (Å²) in [6.07, 6.45) is 0. The number of carbonyl (C=O) groups excluding carboxylic acids is 2. The zero-order chi connectivity index (χ0) is 30.9. The van der Waals surface area contributed by atoms with Crippen molar-refractivity contribution in [1.82, 2.24) is 0 Å². The quantitative estimate of drug-likeness (QED) is 0.199. The van der Waals surface area contributed by atoms with Crippen LogP contribution in [0.15, 0.2) is 48.5 Å². The molecule has 0 atom stereocenters. The molecule has 0 aliphatic carbocycles. The fraction of sp³-hybridized carbons (Fsp3) is 0.417. The van der Waals surface area contributed by atoms with Crippen molar-refractivity contribution in [2.75, 3.05) is 13.2 Å². The summed E-state index contributed by atoms with van der Waals surface area (Å²) in [6.45, 7) is 1.78. The molecule has 0 heterocycles. The first-order valence-electron chi connectivity index (χ1n) is 11.0. The van der Waals surface area contributed by atoms with Crippen molar-refractivity contribution < 1.29 is 71.7 Å². The number of hydrogen-bond acceptors (Lipinski definition) is 4. The fourth-order valence-electron chi connectivity index (χ4n) is 3.26. The Hall–Kier alpha value is -3.46. The van der Waals surface area contributed by atoms with Gasteiger partial charge in [0.05, 0.1) is 24.3 Å². The van der Waals surface area contributed by atoms with Crippen LogP contribution in [0.3, 0.4) is 0 Å². The van der Waals surface area contributed by atoms with Gasteiger partial charge in [-0.1, -0.05) is 24.3 Å². The summed E-state index contributed by atoms with van der Waals surface area (Å²) in [5.41, 5.74) is -6.28. The van der Waals surface area contributed by atoms with E-state index in [9.17, 15) is 62.3 Å². The molecule has 0 aromatic heterocycles. The van der Waals surface area contributed by atoms with Crippen molar-refractivity contribution in [3.63, 3.8) is 0 Å². The van der Waals surface area contributed by atoms with Crippen LogP contribution in [0.5, 0.6) is 0 Å². The standard InChI is InChI=1S/C24H18F12O4/c1-3-39-17(37)13-7-5-9-15(11-13)19(25,26)21(29,30)23(33,34)24(35,36)22(31,32)20(27,28)16-10-6-8-14(12-16)18(38)40-4-2/h5-12H,3-4H2,1-2H3. The van der Waals surface area contributed by atoms with Gasteiger partial charge in [0.15, 0.2) is 0 Å². The topological polar surface area (TPSA) is 52.6 Å². The van der Waals surface area contributed by atoms with E-state index in [0.717, 1.165) is 0 Å². The predicted molar refractivity (Wildman–Crippen MR) is 112 cm³/mol. The summed E-state index contributed by atoms with van der Waals surface area (Å²) in [6, 6.07) is 1.96. The van der Waals surface area contributed by atoms with Crippen LogP contribution in [-0.4, -0.2) is 48.8 Å². The van der Waals surface area contributed by atoms with Gasteiger partial charge in [-0.3, -0.25) is 0 Å². The Bertz CT molecular complexity index is 1150. The predicted octanol–water partition coefficient (Wildman–Crippen LogP) is 7.47. The average molecular weight is 598 g/mol. The minimum Gasteiger partial charge on any atom is -0.462 e. The lowest BCUT2D eigenvalue weighted by Gasteiger charge is -2.41. The summed E-state index contributed by atoms with van der Waals surface area (Å²) in [4.78, 5) is 23.3. The molecule has 0 amide bonds. The van der Waals surface area contributed by atoms with Gasteiger partial charge in [-0.25, -0.2) is 9.59 Å². The van der Waals surface area contributed by atoms with Gasteiger partial charge in [-0.2, -0.15) is 52.7 Å². The van der Waals surface area contributed by atoms with Crippen LogP contribution in [0.4, 0.5) is 52.7 Å². The largest absolute Gasteiger partial charge is 0.462 e. The van der Waals surface area contributed by atoms with E-state index >= 15 is 0 Å². The number of halogens is 12. The van der Waals surface area contributed by atoms with E-state index in [1.54, 1.807) is 0 Å². The highest BCUT2D eigenvalue weighted by atomic mass is 19.4. The van der Waals surface area contributed by atoms with Crippen LogP contribution in [0.25, 0.3) is 0 Å². The molecule has 4 nitrogen and oxygen atoms in total. The van der Waals surface area contributed by atoms with Crippen molar-refractivity contribution in [3.8, 4) is 0 Å². The number of rotatable bonds is 11. The van der Waals surface area contributed by atoms with Crippen molar-refractivity contribution in [2.24, 2.45) is 0 Å². The summed E-state index contributed by atoms with van der Waals surface area (Å²) < 4.78 is 183. The molecule has 0 saturated heterocycles. The van der Waals surface area contributed by atoms with Gasteiger partial charge in [-0.15, -0.1) is 0 Å². The summed E-state index contributed by atoms with van der Waals surface area (Å²) in [7, 11) is 0. The Labute approximate surface area is 217 Å². The molecule has 16 heteroatoms. The SMILES string of the molecule is CCOC(=O)c1cccc(C(F)(F)C(F)(F)C(F)(F)C(F)(F)C(F)(F)C(F)(F)c2cccc(C(=O)OCC)c2)c1. The number of alkyl halides is 12. The minimum absolute atomic E-state index is 0.0154. The highest BCUT2D eigenvalue weighted by molar-refractivity contribution is 5.90. The second-order valence-corrected chi connectivity index (χ2v) is 8.05. The second kappa shape index (κ2) is 10.8. The van der Waals surface area contributed by atoms with Gasteiger partial charge in [0.25, 0.3) is 0 Å². The highest BCUT2D eigenvalue weighted by Gasteiger charge is 2.90. The van der Waals surface area contributed by atoms with Gasteiger partial charge < -0.3 is 9.47 Å². The first kappa shape index (κ1) is 32.8. The lowest BCUT2D eigenvalue weighted by molar-refractivity contribution is -0.429. The highest BCUT2D eigenvalue weighted by Crippen LogP contribution is 2.63. The van der Waals surface area contributed by atoms with E-state index < -0.39 is 69.7 Å². The van der Waals surface area contributed by atoms with E-state index in [4.69, 9.17) is 0 Å². The third-order valence-corrected chi connectivity index (χ3v) is 5.44. The molecule has 222 valence electrons. The van der Waals surface area contributed by atoms with Crippen LogP contribution in [-0.2, 0) is 21.3 Å². The lowest BCUT2D eigenvalue weighted by atomic mass is 9.86. The maximum atomic E-state index is 14.6. The molecule has 0 saturated carbocycles. The molecule has 0 N–H and O–H groups in total. The number of hydrogen-bond donors (Lipinski definition) is 0. The number of ether oxygens (including phenoxy) is 2. The summed E-state index contributed by atoms with van der Waals surface area (Å²) >= 11 is 0. The summed E-state index contributed by atoms with van der Waals surface area (Å²) in [5.74, 6) is -46.2. The lowest BCUT2D eigenvalue weighted by Crippen LogP contribution is -2.69. The zero-order valence-corrected chi connectivity index (χ0v) is 20.2. The molecule has 0 radical (unpaired) electrons. The average Bonchev–Trinajstić information content (AvgIpc) is 2.88. The first-order chi connectivity index (χ1) is 18.1. The molecule has 2 rings (SSSR count). The van der Waals surface area contributed by atoms with E-state index in [0.29, 0.717) is 24.3 Å². The van der Waals surface area contributed by atoms with Gasteiger partial charge in [0.1, 0.15) is 0 Å².